The van der Waals surface area contributed by atoms with Crippen molar-refractivity contribution in [1.82, 2.24) is 14.7 Å². The number of carbonyl (C=O) groups is 2. The summed E-state index contributed by atoms with van der Waals surface area (Å²) in [5, 5.41) is 0.419. The first-order valence-electron chi connectivity index (χ1n) is 13.7. The Kier molecular flexibility index (Phi) is 9.74. The van der Waals surface area contributed by atoms with E-state index in [1.54, 1.807) is 40.1 Å². The van der Waals surface area contributed by atoms with E-state index in [4.69, 9.17) is 11.6 Å². The number of nitrogens with zero attached hydrogens (tertiary/aromatic N) is 4. The maximum atomic E-state index is 13.9. The van der Waals surface area contributed by atoms with Crippen LogP contribution in [-0.4, -0.2) is 86.5 Å². The topological polar surface area (TPSA) is 81.2 Å². The highest BCUT2D eigenvalue weighted by atomic mass is 35.5. The number of likely N-dealkylation sites (tertiary alicyclic amines) is 1. The zero-order valence-corrected chi connectivity index (χ0v) is 24.9. The summed E-state index contributed by atoms with van der Waals surface area (Å²) in [5.41, 5.74) is 2.10. The predicted octanol–water partition coefficient (Wildman–Crippen LogP) is 3.78. The third-order valence-electron chi connectivity index (χ3n) is 7.73. The number of anilines is 1. The lowest BCUT2D eigenvalue weighted by molar-refractivity contribution is -0.136. The average Bonchev–Trinajstić information content (AvgIpc) is 3.25. The number of fused-ring (bicyclic) bond motifs is 1. The molecule has 0 aromatic heterocycles. The standard InChI is InChI=1S/C29H38ClFN4O4S/c1-21(2)32-12-4-13-35(40(3,38)39)27-18-25(30)8-7-23(27)19-34(16-15-32)29(37)24-17-28(36)33(20-24)14-11-22-5-9-26(31)10-6-22/h5-10,18,21,24H,4,11-17,19-20H2,1-3H3. The molecule has 1 saturated heterocycles. The van der Waals surface area contributed by atoms with Crippen molar-refractivity contribution in [3.05, 3.63) is 64.4 Å². The van der Waals surface area contributed by atoms with E-state index in [0.717, 1.165) is 5.56 Å². The van der Waals surface area contributed by atoms with E-state index in [1.807, 2.05) is 0 Å². The van der Waals surface area contributed by atoms with Crippen LogP contribution in [-0.2, 0) is 32.6 Å². The molecule has 2 aliphatic heterocycles. The molecular formula is C29H38ClFN4O4S. The van der Waals surface area contributed by atoms with Crippen LogP contribution in [0, 0.1) is 11.7 Å². The molecule has 4 rings (SSSR count). The van der Waals surface area contributed by atoms with Gasteiger partial charge in [0.05, 0.1) is 17.9 Å². The second kappa shape index (κ2) is 12.9. The summed E-state index contributed by atoms with van der Waals surface area (Å²) in [6, 6.07) is 11.6. The van der Waals surface area contributed by atoms with Crippen LogP contribution in [0.1, 0.15) is 37.8 Å². The predicted molar refractivity (Wildman–Crippen MR) is 155 cm³/mol. The first kappa shape index (κ1) is 30.3. The Morgan fingerprint density at radius 3 is 2.48 bits per heavy atom. The van der Waals surface area contributed by atoms with Crippen molar-refractivity contribution in [3.63, 3.8) is 0 Å². The molecule has 8 nitrogen and oxygen atoms in total. The molecule has 1 unspecified atom stereocenters. The maximum Gasteiger partial charge on any atom is 0.232 e. The molecule has 0 saturated carbocycles. The molecule has 2 aliphatic rings. The molecule has 0 aliphatic carbocycles. The SMILES string of the molecule is CC(C)N1CCCN(S(C)(=O)=O)c2cc(Cl)ccc2CN(C(=O)C2CC(=O)N(CCc3ccc(F)cc3)C2)CC1. The van der Waals surface area contributed by atoms with E-state index in [0.29, 0.717) is 68.4 Å². The molecule has 218 valence electrons. The van der Waals surface area contributed by atoms with E-state index < -0.39 is 15.9 Å². The fraction of sp³-hybridized carbons (Fsp3) is 0.517. The number of rotatable bonds is 6. The van der Waals surface area contributed by atoms with E-state index >= 15 is 0 Å². The van der Waals surface area contributed by atoms with Crippen molar-refractivity contribution in [2.45, 2.75) is 45.7 Å². The van der Waals surface area contributed by atoms with Gasteiger partial charge in [0.2, 0.25) is 21.8 Å². The number of hydrogen-bond donors (Lipinski definition) is 0. The minimum absolute atomic E-state index is 0.0717. The second-order valence-corrected chi connectivity index (χ2v) is 13.3. The third-order valence-corrected chi connectivity index (χ3v) is 9.15. The number of benzene rings is 2. The molecule has 2 aromatic rings. The van der Waals surface area contributed by atoms with Crippen LogP contribution >= 0.6 is 11.6 Å². The van der Waals surface area contributed by atoms with Gasteiger partial charge in [-0.2, -0.15) is 0 Å². The van der Waals surface area contributed by atoms with Gasteiger partial charge in [-0.05, 0) is 62.1 Å². The minimum atomic E-state index is -3.59. The van der Waals surface area contributed by atoms with Gasteiger partial charge < -0.3 is 9.80 Å². The molecule has 0 radical (unpaired) electrons. The Hall–Kier alpha value is -2.69. The lowest BCUT2D eigenvalue weighted by Gasteiger charge is -2.31. The first-order chi connectivity index (χ1) is 18.9. The summed E-state index contributed by atoms with van der Waals surface area (Å²) in [5.74, 6) is -0.980. The zero-order chi connectivity index (χ0) is 29.0. The van der Waals surface area contributed by atoms with Crippen molar-refractivity contribution in [2.75, 3.05) is 49.8 Å². The Bertz CT molecular complexity index is 1320. The maximum absolute atomic E-state index is 13.9. The molecule has 2 aromatic carbocycles. The average molecular weight is 593 g/mol. The van der Waals surface area contributed by atoms with E-state index in [9.17, 15) is 22.4 Å². The monoisotopic (exact) mass is 592 g/mol. The van der Waals surface area contributed by atoms with Crippen LogP contribution in [0.4, 0.5) is 10.1 Å². The Morgan fingerprint density at radius 2 is 1.80 bits per heavy atom. The molecule has 0 bridgehead atoms. The zero-order valence-electron chi connectivity index (χ0n) is 23.4. The lowest BCUT2D eigenvalue weighted by Crippen LogP contribution is -2.43. The molecule has 1 atom stereocenters. The molecule has 2 heterocycles. The Balaban J connectivity index is 1.57. The van der Waals surface area contributed by atoms with E-state index in [1.165, 1.54) is 22.7 Å². The normalized spacial score (nSPS) is 19.6. The van der Waals surface area contributed by atoms with Crippen molar-refractivity contribution >= 4 is 39.1 Å². The van der Waals surface area contributed by atoms with E-state index in [-0.39, 0.29) is 36.6 Å². The van der Waals surface area contributed by atoms with Crippen LogP contribution in [0.5, 0.6) is 0 Å². The van der Waals surface area contributed by atoms with Gasteiger partial charge in [0.1, 0.15) is 5.82 Å². The van der Waals surface area contributed by atoms with Crippen molar-refractivity contribution in [1.29, 1.82) is 0 Å². The van der Waals surface area contributed by atoms with Crippen molar-refractivity contribution in [2.24, 2.45) is 5.92 Å². The van der Waals surface area contributed by atoms with Gasteiger partial charge in [-0.1, -0.05) is 29.8 Å². The van der Waals surface area contributed by atoms with Crippen molar-refractivity contribution < 1.29 is 22.4 Å². The fourth-order valence-corrected chi connectivity index (χ4v) is 6.62. The summed E-state index contributed by atoms with van der Waals surface area (Å²) >= 11 is 6.30. The van der Waals surface area contributed by atoms with Gasteiger partial charge in [-0.25, -0.2) is 12.8 Å². The van der Waals surface area contributed by atoms with Gasteiger partial charge in [0.15, 0.2) is 0 Å². The highest BCUT2D eigenvalue weighted by Gasteiger charge is 2.37. The highest BCUT2D eigenvalue weighted by molar-refractivity contribution is 7.92. The summed E-state index contributed by atoms with van der Waals surface area (Å²) in [4.78, 5) is 32.5. The molecule has 0 spiro atoms. The second-order valence-electron chi connectivity index (χ2n) is 11.0. The molecule has 1 fully saturated rings. The number of carbonyl (C=O) groups excluding carboxylic acids is 2. The van der Waals surface area contributed by atoms with Gasteiger partial charge in [-0.15, -0.1) is 0 Å². The largest absolute Gasteiger partial charge is 0.342 e. The summed E-state index contributed by atoms with van der Waals surface area (Å²) in [6.45, 7) is 7.25. The van der Waals surface area contributed by atoms with Gasteiger partial charge in [-0.3, -0.25) is 18.8 Å². The van der Waals surface area contributed by atoms with Crippen LogP contribution in [0.25, 0.3) is 0 Å². The van der Waals surface area contributed by atoms with Gasteiger partial charge >= 0.3 is 0 Å². The number of hydrogen-bond acceptors (Lipinski definition) is 5. The number of halogens is 2. The van der Waals surface area contributed by atoms with Crippen LogP contribution in [0.2, 0.25) is 5.02 Å². The van der Waals surface area contributed by atoms with Crippen LogP contribution in [0.3, 0.4) is 0 Å². The highest BCUT2D eigenvalue weighted by Crippen LogP contribution is 2.30. The quantitative estimate of drug-likeness (QED) is 0.510. The summed E-state index contributed by atoms with van der Waals surface area (Å²) in [7, 11) is -3.59. The third kappa shape index (κ3) is 7.53. The Labute approximate surface area is 241 Å². The Morgan fingerprint density at radius 1 is 1.07 bits per heavy atom. The van der Waals surface area contributed by atoms with Crippen LogP contribution < -0.4 is 4.31 Å². The smallest absolute Gasteiger partial charge is 0.232 e. The van der Waals surface area contributed by atoms with Crippen molar-refractivity contribution in [3.8, 4) is 0 Å². The van der Waals surface area contributed by atoms with Gasteiger partial charge in [0, 0.05) is 63.3 Å². The minimum Gasteiger partial charge on any atom is -0.342 e. The number of sulfonamides is 1. The molecule has 11 heteroatoms. The molecule has 0 N–H and O–H groups in total. The first-order valence-corrected chi connectivity index (χ1v) is 16.0. The summed E-state index contributed by atoms with van der Waals surface area (Å²) in [6.07, 6.45) is 2.53. The van der Waals surface area contributed by atoms with E-state index in [2.05, 4.69) is 18.7 Å². The molecular weight excluding hydrogens is 555 g/mol. The molecule has 40 heavy (non-hydrogen) atoms. The van der Waals surface area contributed by atoms with Crippen LogP contribution in [0.15, 0.2) is 42.5 Å². The number of amides is 2. The summed E-state index contributed by atoms with van der Waals surface area (Å²) < 4.78 is 40.3. The lowest BCUT2D eigenvalue weighted by atomic mass is 10.1. The molecule has 2 amide bonds. The fourth-order valence-electron chi connectivity index (χ4n) is 5.46. The van der Waals surface area contributed by atoms with Gasteiger partial charge in [0.25, 0.3) is 0 Å².